The van der Waals surface area contributed by atoms with E-state index in [4.69, 9.17) is 5.11 Å². The van der Waals surface area contributed by atoms with Crippen molar-refractivity contribution >= 4 is 18.6 Å². The van der Waals surface area contributed by atoms with E-state index in [1.165, 1.54) is 0 Å². The molecule has 1 N–H and O–H groups in total. The van der Waals surface area contributed by atoms with Gasteiger partial charge in [-0.25, -0.2) is 4.79 Å². The minimum Gasteiger partial charge on any atom is -0.480 e. The standard InChI is InChI=1S/C10H9F3O3S/c1-5(10(11,12)13)16-7-3-2-6(9(14)15)4-8(7)17/h2-5,17H,1H3,(H,14,15). The average molecular weight is 266 g/mol. The second-order valence-corrected chi connectivity index (χ2v) is 3.77. The van der Waals surface area contributed by atoms with Crippen LogP contribution in [0, 0.1) is 0 Å². The molecule has 0 aliphatic heterocycles. The maximum Gasteiger partial charge on any atom is 0.425 e. The Balaban J connectivity index is 2.90. The first-order valence-corrected chi connectivity index (χ1v) is 4.96. The first-order chi connectivity index (χ1) is 7.71. The van der Waals surface area contributed by atoms with E-state index in [0.29, 0.717) is 0 Å². The molecule has 0 aliphatic rings. The molecule has 1 rings (SSSR count). The van der Waals surface area contributed by atoms with Crippen molar-refractivity contribution in [2.24, 2.45) is 0 Å². The smallest absolute Gasteiger partial charge is 0.425 e. The lowest BCUT2D eigenvalue weighted by Gasteiger charge is -2.18. The maximum absolute atomic E-state index is 12.2. The average Bonchev–Trinajstić information content (AvgIpc) is 2.19. The lowest BCUT2D eigenvalue weighted by Crippen LogP contribution is -2.31. The molecule has 1 aromatic rings. The number of rotatable bonds is 3. The fraction of sp³-hybridized carbons (Fsp3) is 0.300. The summed E-state index contributed by atoms with van der Waals surface area (Å²) in [5.41, 5.74) is -0.0676. The fourth-order valence-electron chi connectivity index (χ4n) is 1.01. The van der Waals surface area contributed by atoms with Gasteiger partial charge in [0, 0.05) is 4.90 Å². The van der Waals surface area contributed by atoms with Gasteiger partial charge in [0.15, 0.2) is 6.10 Å². The molecule has 0 radical (unpaired) electrons. The topological polar surface area (TPSA) is 46.5 Å². The van der Waals surface area contributed by atoms with Crippen LogP contribution in [0.25, 0.3) is 0 Å². The summed E-state index contributed by atoms with van der Waals surface area (Å²) in [6.45, 7) is 0.859. The van der Waals surface area contributed by atoms with Crippen LogP contribution < -0.4 is 4.74 Å². The Morgan fingerprint density at radius 1 is 1.47 bits per heavy atom. The quantitative estimate of drug-likeness (QED) is 0.827. The highest BCUT2D eigenvalue weighted by Gasteiger charge is 2.38. The number of carbonyl (C=O) groups is 1. The van der Waals surface area contributed by atoms with Crippen molar-refractivity contribution in [2.45, 2.75) is 24.1 Å². The third-order valence-electron chi connectivity index (χ3n) is 1.97. The Hall–Kier alpha value is -1.37. The second kappa shape index (κ2) is 4.87. The summed E-state index contributed by atoms with van der Waals surface area (Å²) < 4.78 is 41.3. The number of hydrogen-bond donors (Lipinski definition) is 2. The highest BCUT2D eigenvalue weighted by Crippen LogP contribution is 2.29. The third kappa shape index (κ3) is 3.55. The van der Waals surface area contributed by atoms with Crippen LogP contribution in [0.5, 0.6) is 5.75 Å². The van der Waals surface area contributed by atoms with Gasteiger partial charge in [0.05, 0.1) is 5.56 Å². The van der Waals surface area contributed by atoms with Crippen LogP contribution >= 0.6 is 12.6 Å². The summed E-state index contributed by atoms with van der Waals surface area (Å²) in [6.07, 6.45) is -6.46. The van der Waals surface area contributed by atoms with Crippen LogP contribution in [-0.2, 0) is 0 Å². The Kier molecular flexibility index (Phi) is 3.92. The second-order valence-electron chi connectivity index (χ2n) is 3.29. The van der Waals surface area contributed by atoms with E-state index in [1.54, 1.807) is 0 Å². The zero-order valence-electron chi connectivity index (χ0n) is 8.65. The summed E-state index contributed by atoms with van der Waals surface area (Å²) in [5.74, 6) is -1.29. The molecule has 0 spiro atoms. The lowest BCUT2D eigenvalue weighted by atomic mass is 10.2. The lowest BCUT2D eigenvalue weighted by molar-refractivity contribution is -0.189. The number of carboxylic acid groups (broad SMARTS) is 1. The molecule has 0 fully saturated rings. The highest BCUT2D eigenvalue weighted by molar-refractivity contribution is 7.80. The minimum atomic E-state index is -4.48. The van der Waals surface area contributed by atoms with Gasteiger partial charge in [0.25, 0.3) is 0 Å². The third-order valence-corrected chi connectivity index (χ3v) is 2.32. The molecular formula is C10H9F3O3S. The summed E-state index contributed by atoms with van der Waals surface area (Å²) in [7, 11) is 0. The number of ether oxygens (including phenoxy) is 1. The zero-order chi connectivity index (χ0) is 13.2. The molecule has 1 aromatic carbocycles. The van der Waals surface area contributed by atoms with Crippen LogP contribution in [0.1, 0.15) is 17.3 Å². The molecule has 17 heavy (non-hydrogen) atoms. The fourth-order valence-corrected chi connectivity index (χ4v) is 1.27. The molecule has 7 heteroatoms. The van der Waals surface area contributed by atoms with E-state index in [0.717, 1.165) is 25.1 Å². The molecule has 3 nitrogen and oxygen atoms in total. The van der Waals surface area contributed by atoms with Crippen LogP contribution in [0.4, 0.5) is 13.2 Å². The van der Waals surface area contributed by atoms with Gasteiger partial charge in [-0.3, -0.25) is 0 Å². The summed E-state index contributed by atoms with van der Waals surface area (Å²) >= 11 is 3.88. The minimum absolute atomic E-state index is 0.0426. The summed E-state index contributed by atoms with van der Waals surface area (Å²) in [4.78, 5) is 10.6. The number of thiol groups is 1. The van der Waals surface area contributed by atoms with Gasteiger partial charge in [-0.1, -0.05) is 0 Å². The number of halogens is 3. The predicted octanol–water partition coefficient (Wildman–Crippen LogP) is 3.00. The first kappa shape index (κ1) is 13.7. The van der Waals surface area contributed by atoms with E-state index >= 15 is 0 Å². The van der Waals surface area contributed by atoms with E-state index in [-0.39, 0.29) is 16.2 Å². The van der Waals surface area contributed by atoms with Crippen molar-refractivity contribution in [2.75, 3.05) is 0 Å². The van der Waals surface area contributed by atoms with Crippen molar-refractivity contribution in [3.8, 4) is 5.75 Å². The molecule has 0 bridgehead atoms. The van der Waals surface area contributed by atoms with E-state index in [2.05, 4.69) is 17.4 Å². The molecule has 0 amide bonds. The molecular weight excluding hydrogens is 257 g/mol. The van der Waals surface area contributed by atoms with Crippen molar-refractivity contribution in [3.63, 3.8) is 0 Å². The van der Waals surface area contributed by atoms with Crippen LogP contribution in [0.3, 0.4) is 0 Å². The normalized spacial score (nSPS) is 13.2. The van der Waals surface area contributed by atoms with Gasteiger partial charge < -0.3 is 9.84 Å². The Morgan fingerprint density at radius 2 is 2.06 bits per heavy atom. The van der Waals surface area contributed by atoms with Gasteiger partial charge in [-0.15, -0.1) is 12.6 Å². The Bertz CT molecular complexity index is 431. The van der Waals surface area contributed by atoms with Crippen molar-refractivity contribution < 1.29 is 27.8 Å². The van der Waals surface area contributed by atoms with Gasteiger partial charge >= 0.3 is 12.1 Å². The number of benzene rings is 1. The maximum atomic E-state index is 12.2. The molecule has 0 aliphatic carbocycles. The van der Waals surface area contributed by atoms with Crippen LogP contribution in [0.15, 0.2) is 23.1 Å². The van der Waals surface area contributed by atoms with E-state index in [9.17, 15) is 18.0 Å². The van der Waals surface area contributed by atoms with Gasteiger partial charge in [0.1, 0.15) is 5.75 Å². The monoisotopic (exact) mass is 266 g/mol. The number of carboxylic acids is 1. The number of aromatic carboxylic acids is 1. The predicted molar refractivity (Wildman–Crippen MR) is 56.8 cm³/mol. The molecule has 94 valence electrons. The van der Waals surface area contributed by atoms with Gasteiger partial charge in [0.2, 0.25) is 0 Å². The molecule has 0 heterocycles. The summed E-state index contributed by atoms with van der Waals surface area (Å²) in [5, 5.41) is 8.66. The Morgan fingerprint density at radius 3 is 2.47 bits per heavy atom. The van der Waals surface area contributed by atoms with Crippen molar-refractivity contribution in [1.29, 1.82) is 0 Å². The van der Waals surface area contributed by atoms with Crippen LogP contribution in [-0.4, -0.2) is 23.4 Å². The number of alkyl halides is 3. The largest absolute Gasteiger partial charge is 0.480 e. The highest BCUT2D eigenvalue weighted by atomic mass is 32.1. The van der Waals surface area contributed by atoms with Gasteiger partial charge in [-0.2, -0.15) is 13.2 Å². The van der Waals surface area contributed by atoms with Crippen molar-refractivity contribution in [3.05, 3.63) is 23.8 Å². The molecule has 0 saturated carbocycles. The van der Waals surface area contributed by atoms with Gasteiger partial charge in [-0.05, 0) is 25.1 Å². The molecule has 1 atom stereocenters. The van der Waals surface area contributed by atoms with Crippen LogP contribution in [0.2, 0.25) is 0 Å². The Labute approximate surface area is 101 Å². The first-order valence-electron chi connectivity index (χ1n) is 4.51. The molecule has 1 unspecified atom stereocenters. The molecule has 0 saturated heterocycles. The number of hydrogen-bond acceptors (Lipinski definition) is 3. The SMILES string of the molecule is CC(Oc1ccc(C(=O)O)cc1S)C(F)(F)F. The molecule has 0 aromatic heterocycles. The van der Waals surface area contributed by atoms with E-state index < -0.39 is 18.2 Å². The summed E-state index contributed by atoms with van der Waals surface area (Å²) in [6, 6.07) is 3.43. The van der Waals surface area contributed by atoms with E-state index in [1.807, 2.05) is 0 Å². The van der Waals surface area contributed by atoms with Crippen molar-refractivity contribution in [1.82, 2.24) is 0 Å². The zero-order valence-corrected chi connectivity index (χ0v) is 9.55.